The number of ketones is 1. The summed E-state index contributed by atoms with van der Waals surface area (Å²) in [5.74, 6) is 2.34. The van der Waals surface area contributed by atoms with Crippen LogP contribution in [0, 0.1) is 11.3 Å². The highest BCUT2D eigenvalue weighted by molar-refractivity contribution is 7.99. The van der Waals surface area contributed by atoms with E-state index >= 15 is 0 Å². The van der Waals surface area contributed by atoms with Crippen LogP contribution in [0.5, 0.6) is 0 Å². The molecular formula is C27H34ClN9O2S. The zero-order valence-electron chi connectivity index (χ0n) is 22.8. The Balaban J connectivity index is 1.21. The lowest BCUT2D eigenvalue weighted by Gasteiger charge is -2.42. The first kappa shape index (κ1) is 28.5. The molecule has 13 heteroatoms. The number of aromatic nitrogens is 5. The molecule has 11 nitrogen and oxygen atoms in total. The van der Waals surface area contributed by atoms with Crippen molar-refractivity contribution in [3.8, 4) is 0 Å². The molecule has 0 unspecified atom stereocenters. The van der Waals surface area contributed by atoms with Gasteiger partial charge in [0.05, 0.1) is 23.0 Å². The first-order chi connectivity index (χ1) is 19.0. The minimum Gasteiger partial charge on any atom is -0.389 e. The van der Waals surface area contributed by atoms with Crippen LogP contribution in [0.15, 0.2) is 46.8 Å². The molecule has 5 rings (SSSR count). The van der Waals surface area contributed by atoms with Crippen LogP contribution in [0.25, 0.3) is 0 Å². The van der Waals surface area contributed by atoms with E-state index in [2.05, 4.69) is 40.5 Å². The summed E-state index contributed by atoms with van der Waals surface area (Å²) in [7, 11) is 0. The van der Waals surface area contributed by atoms with Gasteiger partial charge in [-0.3, -0.25) is 4.79 Å². The van der Waals surface area contributed by atoms with Crippen LogP contribution in [-0.4, -0.2) is 67.1 Å². The van der Waals surface area contributed by atoms with Gasteiger partial charge in [0.25, 0.3) is 0 Å². The van der Waals surface area contributed by atoms with Gasteiger partial charge in [-0.15, -0.1) is 0 Å². The lowest BCUT2D eigenvalue weighted by molar-refractivity contribution is -0.120. The van der Waals surface area contributed by atoms with E-state index in [-0.39, 0.29) is 23.2 Å². The van der Waals surface area contributed by atoms with Crippen LogP contribution >= 0.6 is 23.4 Å². The fourth-order valence-electron chi connectivity index (χ4n) is 5.21. The Morgan fingerprint density at radius 2 is 1.93 bits per heavy atom. The van der Waals surface area contributed by atoms with Crippen LogP contribution in [0.3, 0.4) is 0 Å². The molecule has 0 aromatic carbocycles. The number of hydrogen-bond acceptors (Lipinski definition) is 12. The molecule has 2 fully saturated rings. The third-order valence-electron chi connectivity index (χ3n) is 7.63. The SMILES string of the molecule is C[C@@H]1C(=O)CC2(CCN(c3cnc(Sc4ccnc(Nc5nccc(NCC(C)(C)O)n5)c4Cl)cn3)CC2)[C@H]1N. The van der Waals surface area contributed by atoms with Crippen molar-refractivity contribution in [2.75, 3.05) is 35.2 Å². The van der Waals surface area contributed by atoms with E-state index in [4.69, 9.17) is 17.3 Å². The zero-order valence-corrected chi connectivity index (χ0v) is 24.3. The highest BCUT2D eigenvalue weighted by Gasteiger charge is 2.50. The molecule has 1 aliphatic heterocycles. The van der Waals surface area contributed by atoms with Gasteiger partial charge in [0.2, 0.25) is 5.95 Å². The van der Waals surface area contributed by atoms with Crippen LogP contribution < -0.4 is 21.3 Å². The van der Waals surface area contributed by atoms with Crippen LogP contribution in [-0.2, 0) is 4.79 Å². The van der Waals surface area contributed by atoms with Crippen molar-refractivity contribution in [1.82, 2.24) is 24.9 Å². The Kier molecular flexibility index (Phi) is 8.14. The topological polar surface area (TPSA) is 155 Å². The summed E-state index contributed by atoms with van der Waals surface area (Å²) in [5, 5.41) is 17.2. The van der Waals surface area contributed by atoms with Gasteiger partial charge >= 0.3 is 0 Å². The third kappa shape index (κ3) is 6.30. The number of pyridine rings is 1. The van der Waals surface area contributed by atoms with Gasteiger partial charge in [0, 0.05) is 55.3 Å². The number of piperidine rings is 1. The van der Waals surface area contributed by atoms with E-state index in [0.29, 0.717) is 40.6 Å². The van der Waals surface area contributed by atoms with Crippen molar-refractivity contribution in [2.45, 2.75) is 61.6 Å². The summed E-state index contributed by atoms with van der Waals surface area (Å²) in [6.45, 7) is 7.32. The van der Waals surface area contributed by atoms with Gasteiger partial charge in [-0.05, 0) is 44.2 Å². The largest absolute Gasteiger partial charge is 0.389 e. The van der Waals surface area contributed by atoms with Crippen molar-refractivity contribution >= 4 is 52.5 Å². The molecule has 1 saturated carbocycles. The Morgan fingerprint density at radius 3 is 2.58 bits per heavy atom. The van der Waals surface area contributed by atoms with Gasteiger partial charge in [0.15, 0.2) is 5.82 Å². The second kappa shape index (κ2) is 11.4. The molecule has 0 amide bonds. The number of halogens is 1. The van der Waals surface area contributed by atoms with Gasteiger partial charge < -0.3 is 26.4 Å². The van der Waals surface area contributed by atoms with Crippen LogP contribution in [0.2, 0.25) is 5.02 Å². The molecule has 2 aliphatic rings. The van der Waals surface area contributed by atoms with E-state index < -0.39 is 5.60 Å². The molecule has 1 aliphatic carbocycles. The second-order valence-corrected chi connectivity index (χ2v) is 12.6. The average Bonchev–Trinajstić information content (AvgIpc) is 3.13. The summed E-state index contributed by atoms with van der Waals surface area (Å²) >= 11 is 8.06. The molecule has 1 spiro atoms. The first-order valence-corrected chi connectivity index (χ1v) is 14.5. The Labute approximate surface area is 242 Å². The predicted octanol–water partition coefficient (Wildman–Crippen LogP) is 3.92. The van der Waals surface area contributed by atoms with E-state index in [1.165, 1.54) is 11.8 Å². The first-order valence-electron chi connectivity index (χ1n) is 13.3. The molecule has 1 saturated heterocycles. The third-order valence-corrected chi connectivity index (χ3v) is 9.11. The minimum atomic E-state index is -0.878. The molecule has 2 atom stereocenters. The molecule has 3 aromatic heterocycles. The number of carbonyl (C=O) groups is 1. The molecular weight excluding hydrogens is 550 g/mol. The van der Waals surface area contributed by atoms with Crippen molar-refractivity contribution < 1.29 is 9.90 Å². The monoisotopic (exact) mass is 583 g/mol. The highest BCUT2D eigenvalue weighted by Crippen LogP contribution is 2.46. The van der Waals surface area contributed by atoms with E-state index in [1.54, 1.807) is 44.7 Å². The highest BCUT2D eigenvalue weighted by atomic mass is 35.5. The quantitative estimate of drug-likeness (QED) is 0.304. The number of carbonyl (C=O) groups excluding carboxylic acids is 1. The molecule has 3 aromatic rings. The second-order valence-electron chi connectivity index (χ2n) is 11.2. The number of aliphatic hydroxyl groups is 1. The van der Waals surface area contributed by atoms with Crippen LogP contribution in [0.4, 0.5) is 23.4 Å². The Bertz CT molecular complexity index is 1360. The van der Waals surface area contributed by atoms with Gasteiger partial charge in [0.1, 0.15) is 22.4 Å². The number of Topliss-reactive ketones (excluding diaryl/α,β-unsaturated/α-hetero) is 1. The van der Waals surface area contributed by atoms with Gasteiger partial charge in [-0.1, -0.05) is 30.3 Å². The van der Waals surface area contributed by atoms with Crippen molar-refractivity contribution in [3.63, 3.8) is 0 Å². The standard InChI is InChI=1S/C27H34ClN9O2S/c1-16-17(38)12-27(23(16)29)6-10-37(11-7-27)20-13-33-21(14-32-20)40-18-4-8-30-24(22(18)28)36-25-31-9-5-19(35-25)34-15-26(2,3)39/h4-5,8-9,13-14,16,23,39H,6-7,10-12,15,29H2,1-3H3,(H2,30,31,34,35,36)/t16-,23+/m1/s1. The van der Waals surface area contributed by atoms with E-state index in [0.717, 1.165) is 36.6 Å². The summed E-state index contributed by atoms with van der Waals surface area (Å²) in [6.07, 6.45) is 9.12. The Hall–Kier alpha value is -3.06. The number of nitrogens with one attached hydrogen (secondary N) is 2. The molecule has 5 N–H and O–H groups in total. The fraction of sp³-hybridized carbons (Fsp3) is 0.481. The smallest absolute Gasteiger partial charge is 0.230 e. The van der Waals surface area contributed by atoms with Crippen LogP contribution in [0.1, 0.15) is 40.0 Å². The number of nitrogens with two attached hydrogens (primary N) is 1. The van der Waals surface area contributed by atoms with Crippen molar-refractivity contribution in [1.29, 1.82) is 0 Å². The van der Waals surface area contributed by atoms with Crippen molar-refractivity contribution in [3.05, 3.63) is 41.9 Å². The number of anilines is 4. The molecule has 0 bridgehead atoms. The number of rotatable bonds is 8. The molecule has 4 heterocycles. The fourth-order valence-corrected chi connectivity index (χ4v) is 6.23. The summed E-state index contributed by atoms with van der Waals surface area (Å²) in [4.78, 5) is 37.5. The zero-order chi connectivity index (χ0) is 28.5. The van der Waals surface area contributed by atoms with Crippen molar-refractivity contribution in [2.24, 2.45) is 17.1 Å². The van der Waals surface area contributed by atoms with Gasteiger partial charge in [-0.25, -0.2) is 19.9 Å². The Morgan fingerprint density at radius 1 is 1.18 bits per heavy atom. The summed E-state index contributed by atoms with van der Waals surface area (Å²) in [6, 6.07) is 3.46. The van der Waals surface area contributed by atoms with Gasteiger partial charge in [-0.2, -0.15) is 4.98 Å². The van der Waals surface area contributed by atoms with E-state index in [1.807, 2.05) is 13.0 Å². The normalized spacial score (nSPS) is 20.6. The minimum absolute atomic E-state index is 0.0578. The number of hydrogen-bond donors (Lipinski definition) is 4. The maximum absolute atomic E-state index is 12.2. The molecule has 212 valence electrons. The summed E-state index contributed by atoms with van der Waals surface area (Å²) in [5.41, 5.74) is 5.48. The average molecular weight is 584 g/mol. The summed E-state index contributed by atoms with van der Waals surface area (Å²) < 4.78 is 0. The maximum Gasteiger partial charge on any atom is 0.230 e. The molecule has 40 heavy (non-hydrogen) atoms. The lowest BCUT2D eigenvalue weighted by atomic mass is 9.73. The predicted molar refractivity (Wildman–Crippen MR) is 156 cm³/mol. The number of nitrogens with zero attached hydrogens (tertiary/aromatic N) is 6. The molecule has 0 radical (unpaired) electrons. The lowest BCUT2D eigenvalue weighted by Crippen LogP contribution is -2.48. The maximum atomic E-state index is 12.2. The van der Waals surface area contributed by atoms with E-state index in [9.17, 15) is 9.90 Å².